The van der Waals surface area contributed by atoms with Gasteiger partial charge in [0.15, 0.2) is 5.60 Å². The first kappa shape index (κ1) is 29.4. The number of benzene rings is 1. The van der Waals surface area contributed by atoms with Crippen LogP contribution in [0.25, 0.3) is 0 Å². The maximum Gasteiger partial charge on any atom is 0.417 e. The van der Waals surface area contributed by atoms with E-state index in [9.17, 15) is 18.0 Å². The van der Waals surface area contributed by atoms with Crippen molar-refractivity contribution in [3.05, 3.63) is 83.3 Å². The predicted octanol–water partition coefficient (Wildman–Crippen LogP) is 4.81. The van der Waals surface area contributed by atoms with Crippen LogP contribution < -0.4 is 20.5 Å². The summed E-state index contributed by atoms with van der Waals surface area (Å²) in [7, 11) is 0. The quantitative estimate of drug-likeness (QED) is 0.236. The SMILES string of the molecule is Cc1ccc(CC(c2cccc(OCC(=N)N)c2)C(C)NC(=O)C(C)(C)Oc2ccc(C(F)(F)F)cn2)nc1. The Labute approximate surface area is 225 Å². The number of nitrogens with one attached hydrogen (secondary N) is 2. The van der Waals surface area contributed by atoms with Crippen molar-refractivity contribution in [2.45, 2.75) is 57.9 Å². The number of halogens is 3. The lowest BCUT2D eigenvalue weighted by Crippen LogP contribution is -2.51. The smallest absolute Gasteiger partial charge is 0.417 e. The van der Waals surface area contributed by atoms with Gasteiger partial charge in [-0.2, -0.15) is 13.2 Å². The molecule has 3 rings (SSSR count). The van der Waals surface area contributed by atoms with Crippen LogP contribution in [0.4, 0.5) is 13.2 Å². The zero-order valence-electron chi connectivity index (χ0n) is 22.2. The Kier molecular flexibility index (Phi) is 9.15. The molecule has 0 saturated heterocycles. The fourth-order valence-corrected chi connectivity index (χ4v) is 3.82. The molecular formula is C28H32F3N5O3. The van der Waals surface area contributed by atoms with Gasteiger partial charge in [0, 0.05) is 36.1 Å². The number of aryl methyl sites for hydroxylation is 1. The van der Waals surface area contributed by atoms with Crippen molar-refractivity contribution in [3.63, 3.8) is 0 Å². The monoisotopic (exact) mass is 543 g/mol. The highest BCUT2D eigenvalue weighted by molar-refractivity contribution is 5.85. The first-order chi connectivity index (χ1) is 18.2. The van der Waals surface area contributed by atoms with Crippen LogP contribution in [0.15, 0.2) is 60.9 Å². The van der Waals surface area contributed by atoms with Gasteiger partial charge in [-0.15, -0.1) is 0 Å². The van der Waals surface area contributed by atoms with Crippen LogP contribution in [0.1, 0.15) is 49.1 Å². The Bertz CT molecular complexity index is 1280. The molecule has 0 spiro atoms. The summed E-state index contributed by atoms with van der Waals surface area (Å²) in [6.45, 7) is 6.78. The van der Waals surface area contributed by atoms with Crippen molar-refractivity contribution in [2.24, 2.45) is 5.73 Å². The van der Waals surface area contributed by atoms with E-state index in [-0.39, 0.29) is 24.2 Å². The third-order valence-corrected chi connectivity index (χ3v) is 6.01. The minimum absolute atomic E-state index is 0.0521. The van der Waals surface area contributed by atoms with Crippen molar-refractivity contribution in [2.75, 3.05) is 6.61 Å². The first-order valence-electron chi connectivity index (χ1n) is 12.2. The number of aromatic nitrogens is 2. The zero-order chi connectivity index (χ0) is 28.8. The number of nitrogens with two attached hydrogens (primary N) is 1. The third-order valence-electron chi connectivity index (χ3n) is 6.01. The van der Waals surface area contributed by atoms with Gasteiger partial charge in [-0.25, -0.2) is 4.98 Å². The van der Waals surface area contributed by atoms with Crippen molar-refractivity contribution >= 4 is 11.7 Å². The fourth-order valence-electron chi connectivity index (χ4n) is 3.82. The minimum Gasteiger partial charge on any atom is -0.486 e. The molecule has 0 aliphatic rings. The summed E-state index contributed by atoms with van der Waals surface area (Å²) in [5, 5.41) is 10.4. The summed E-state index contributed by atoms with van der Waals surface area (Å²) in [4.78, 5) is 21.5. The van der Waals surface area contributed by atoms with Gasteiger partial charge in [-0.1, -0.05) is 18.2 Å². The average Bonchev–Trinajstić information content (AvgIpc) is 2.86. The van der Waals surface area contributed by atoms with E-state index in [1.54, 1.807) is 12.3 Å². The van der Waals surface area contributed by atoms with Gasteiger partial charge in [-0.05, 0) is 69.5 Å². The molecule has 2 aromatic heterocycles. The standard InChI is InChI=1S/C28H32F3N5O3/c1-17-8-10-21(34-14-17)13-23(19-6-5-7-22(12-19)38-16-24(32)33)18(2)36-26(37)27(3,4)39-25-11-9-20(15-35-25)28(29,30)31/h5-12,14-15,18,23H,13,16H2,1-4H3,(H3,32,33)(H,36,37). The number of nitrogens with zero attached hydrogens (tertiary/aromatic N) is 2. The Morgan fingerprint density at radius 1 is 1.10 bits per heavy atom. The molecule has 4 N–H and O–H groups in total. The van der Waals surface area contributed by atoms with Gasteiger partial charge in [0.2, 0.25) is 5.88 Å². The molecule has 1 amide bonds. The van der Waals surface area contributed by atoms with E-state index in [1.807, 2.05) is 44.2 Å². The van der Waals surface area contributed by atoms with E-state index in [2.05, 4.69) is 15.3 Å². The lowest BCUT2D eigenvalue weighted by atomic mass is 9.87. The van der Waals surface area contributed by atoms with Crippen LogP contribution in [0.3, 0.4) is 0 Å². The Hall–Kier alpha value is -4.15. The normalized spacial score (nSPS) is 13.3. The largest absolute Gasteiger partial charge is 0.486 e. The molecule has 0 bridgehead atoms. The highest BCUT2D eigenvalue weighted by Gasteiger charge is 2.35. The number of carbonyl (C=O) groups excluding carboxylic acids is 1. The van der Waals surface area contributed by atoms with Crippen molar-refractivity contribution < 1.29 is 27.4 Å². The molecule has 1 aromatic carbocycles. The van der Waals surface area contributed by atoms with Gasteiger partial charge in [-0.3, -0.25) is 15.2 Å². The molecule has 8 nitrogen and oxygen atoms in total. The molecule has 0 fully saturated rings. The third kappa shape index (κ3) is 8.42. The van der Waals surface area contributed by atoms with Crippen molar-refractivity contribution in [1.82, 2.24) is 15.3 Å². The van der Waals surface area contributed by atoms with E-state index in [0.29, 0.717) is 18.4 Å². The Morgan fingerprint density at radius 3 is 2.44 bits per heavy atom. The minimum atomic E-state index is -4.52. The molecule has 0 saturated carbocycles. The molecule has 2 atom stereocenters. The Morgan fingerprint density at radius 2 is 1.85 bits per heavy atom. The molecule has 0 aliphatic heterocycles. The number of rotatable bonds is 11. The van der Waals surface area contributed by atoms with E-state index in [0.717, 1.165) is 29.0 Å². The predicted molar refractivity (Wildman–Crippen MR) is 141 cm³/mol. The summed E-state index contributed by atoms with van der Waals surface area (Å²) in [6, 6.07) is 12.7. The number of pyridine rings is 2. The molecule has 39 heavy (non-hydrogen) atoms. The number of amidine groups is 1. The molecule has 0 aliphatic carbocycles. The molecular weight excluding hydrogens is 511 g/mol. The van der Waals surface area contributed by atoms with Crippen LogP contribution in [0.2, 0.25) is 0 Å². The van der Waals surface area contributed by atoms with Crippen LogP contribution >= 0.6 is 0 Å². The van der Waals surface area contributed by atoms with Gasteiger partial charge in [0.25, 0.3) is 5.91 Å². The molecule has 208 valence electrons. The van der Waals surface area contributed by atoms with Gasteiger partial charge in [0.05, 0.1) is 5.56 Å². The average molecular weight is 544 g/mol. The Balaban J connectivity index is 1.80. The van der Waals surface area contributed by atoms with Crippen LogP contribution in [0, 0.1) is 12.3 Å². The molecule has 11 heteroatoms. The van der Waals surface area contributed by atoms with E-state index >= 15 is 0 Å². The van der Waals surface area contributed by atoms with Gasteiger partial charge in [0.1, 0.15) is 18.2 Å². The number of hydrogen-bond acceptors (Lipinski definition) is 6. The number of alkyl halides is 3. The number of amides is 1. The lowest BCUT2D eigenvalue weighted by Gasteiger charge is -2.30. The highest BCUT2D eigenvalue weighted by Crippen LogP contribution is 2.30. The van der Waals surface area contributed by atoms with E-state index in [4.69, 9.17) is 20.6 Å². The second-order valence-electron chi connectivity index (χ2n) is 9.78. The second-order valence-corrected chi connectivity index (χ2v) is 9.78. The van der Waals surface area contributed by atoms with Gasteiger partial charge >= 0.3 is 6.18 Å². The van der Waals surface area contributed by atoms with Crippen LogP contribution in [0.5, 0.6) is 11.6 Å². The second kappa shape index (κ2) is 12.1. The topological polar surface area (TPSA) is 123 Å². The first-order valence-corrected chi connectivity index (χ1v) is 12.2. The van der Waals surface area contributed by atoms with Crippen LogP contribution in [-0.2, 0) is 17.4 Å². The summed E-state index contributed by atoms with van der Waals surface area (Å²) in [5.41, 5.74) is 5.79. The molecule has 2 unspecified atom stereocenters. The zero-order valence-corrected chi connectivity index (χ0v) is 22.2. The number of carbonyl (C=O) groups is 1. The van der Waals surface area contributed by atoms with Crippen molar-refractivity contribution in [3.8, 4) is 11.6 Å². The molecule has 3 aromatic rings. The molecule has 0 radical (unpaired) electrons. The highest BCUT2D eigenvalue weighted by atomic mass is 19.4. The van der Waals surface area contributed by atoms with E-state index in [1.165, 1.54) is 13.8 Å². The van der Waals surface area contributed by atoms with Crippen molar-refractivity contribution in [1.29, 1.82) is 5.41 Å². The fraction of sp³-hybridized carbons (Fsp3) is 0.357. The summed E-state index contributed by atoms with van der Waals surface area (Å²) in [5.74, 6) is -0.384. The van der Waals surface area contributed by atoms with E-state index < -0.39 is 29.3 Å². The lowest BCUT2D eigenvalue weighted by molar-refractivity contribution is -0.138. The summed E-state index contributed by atoms with van der Waals surface area (Å²) >= 11 is 0. The summed E-state index contributed by atoms with van der Waals surface area (Å²) in [6.07, 6.45) is -1.59. The number of ether oxygens (including phenoxy) is 2. The summed E-state index contributed by atoms with van der Waals surface area (Å²) < 4.78 is 49.8. The van der Waals surface area contributed by atoms with Crippen LogP contribution in [-0.4, -0.2) is 40.0 Å². The number of hydrogen-bond donors (Lipinski definition) is 3. The molecule has 2 heterocycles. The maximum atomic E-state index is 13.3. The maximum absolute atomic E-state index is 13.3. The van der Waals surface area contributed by atoms with Gasteiger partial charge < -0.3 is 20.5 Å².